The van der Waals surface area contributed by atoms with Crippen LogP contribution in [0.1, 0.15) is 5.56 Å². The zero-order chi connectivity index (χ0) is 10.7. The van der Waals surface area contributed by atoms with Crippen LogP contribution in [0.4, 0.5) is 0 Å². The van der Waals surface area contributed by atoms with Crippen molar-refractivity contribution in [1.82, 2.24) is 4.98 Å². The van der Waals surface area contributed by atoms with Crippen molar-refractivity contribution >= 4 is 15.9 Å². The lowest BCUT2D eigenvalue weighted by atomic mass is 10.1. The summed E-state index contributed by atoms with van der Waals surface area (Å²) in [6, 6.07) is 12.1. The van der Waals surface area contributed by atoms with Crippen LogP contribution in [0.25, 0.3) is 11.3 Å². The summed E-state index contributed by atoms with van der Waals surface area (Å²) in [4.78, 5) is 4.36. The largest absolute Gasteiger partial charge is 0.326 e. The van der Waals surface area contributed by atoms with E-state index in [0.717, 1.165) is 21.3 Å². The number of benzene rings is 1. The summed E-state index contributed by atoms with van der Waals surface area (Å²) in [5, 5.41) is 0. The topological polar surface area (TPSA) is 38.9 Å². The molecule has 0 fully saturated rings. The van der Waals surface area contributed by atoms with Gasteiger partial charge in [0.1, 0.15) is 0 Å². The standard InChI is InChI=1S/C12H11BrN2/c13-11-3-1-2-10(6-11)12-5-4-9(7-14)8-15-12/h1-6,8H,7,14H2. The van der Waals surface area contributed by atoms with Crippen LogP contribution in [0.2, 0.25) is 0 Å². The lowest BCUT2D eigenvalue weighted by Gasteiger charge is -2.02. The summed E-state index contributed by atoms with van der Waals surface area (Å²) in [5.74, 6) is 0. The Morgan fingerprint density at radius 1 is 1.20 bits per heavy atom. The molecular weight excluding hydrogens is 252 g/mol. The molecule has 2 N–H and O–H groups in total. The molecule has 76 valence electrons. The quantitative estimate of drug-likeness (QED) is 0.904. The minimum atomic E-state index is 0.533. The molecule has 2 rings (SSSR count). The third-order valence-corrected chi connectivity index (χ3v) is 2.67. The second-order valence-corrected chi connectivity index (χ2v) is 4.18. The van der Waals surface area contributed by atoms with Crippen LogP contribution >= 0.6 is 15.9 Å². The normalized spacial score (nSPS) is 10.3. The third-order valence-electron chi connectivity index (χ3n) is 2.18. The van der Waals surface area contributed by atoms with E-state index < -0.39 is 0 Å². The highest BCUT2D eigenvalue weighted by atomic mass is 79.9. The number of rotatable bonds is 2. The van der Waals surface area contributed by atoms with Crippen LogP contribution in [0.5, 0.6) is 0 Å². The first-order chi connectivity index (χ1) is 7.29. The second-order valence-electron chi connectivity index (χ2n) is 3.27. The SMILES string of the molecule is NCc1ccc(-c2cccc(Br)c2)nc1. The van der Waals surface area contributed by atoms with Crippen molar-refractivity contribution in [2.75, 3.05) is 0 Å². The van der Waals surface area contributed by atoms with Crippen molar-refractivity contribution < 1.29 is 0 Å². The molecule has 0 saturated carbocycles. The first-order valence-electron chi connectivity index (χ1n) is 4.70. The van der Waals surface area contributed by atoms with Crippen molar-refractivity contribution in [3.05, 3.63) is 52.6 Å². The summed E-state index contributed by atoms with van der Waals surface area (Å²) >= 11 is 3.44. The van der Waals surface area contributed by atoms with E-state index in [4.69, 9.17) is 5.73 Å². The summed E-state index contributed by atoms with van der Waals surface area (Å²) in [6.45, 7) is 0.533. The fraction of sp³-hybridized carbons (Fsp3) is 0.0833. The van der Waals surface area contributed by atoms with Gasteiger partial charge >= 0.3 is 0 Å². The van der Waals surface area contributed by atoms with Gasteiger partial charge in [0.15, 0.2) is 0 Å². The molecule has 15 heavy (non-hydrogen) atoms. The molecule has 0 amide bonds. The Hall–Kier alpha value is -1.19. The number of hydrogen-bond acceptors (Lipinski definition) is 2. The van der Waals surface area contributed by atoms with Crippen LogP contribution in [0, 0.1) is 0 Å². The van der Waals surface area contributed by atoms with Crippen molar-refractivity contribution in [2.24, 2.45) is 5.73 Å². The van der Waals surface area contributed by atoms with Crippen molar-refractivity contribution in [3.63, 3.8) is 0 Å². The van der Waals surface area contributed by atoms with Gasteiger partial charge in [-0.15, -0.1) is 0 Å². The lowest BCUT2D eigenvalue weighted by Crippen LogP contribution is -1.96. The monoisotopic (exact) mass is 262 g/mol. The maximum Gasteiger partial charge on any atom is 0.0702 e. The average molecular weight is 263 g/mol. The molecule has 0 spiro atoms. The van der Waals surface area contributed by atoms with E-state index in [1.165, 1.54) is 0 Å². The molecule has 0 unspecified atom stereocenters. The van der Waals surface area contributed by atoms with Crippen LogP contribution in [0.3, 0.4) is 0 Å². The van der Waals surface area contributed by atoms with E-state index in [1.807, 2.05) is 42.6 Å². The van der Waals surface area contributed by atoms with Gasteiger partial charge in [0.25, 0.3) is 0 Å². The highest BCUT2D eigenvalue weighted by Crippen LogP contribution is 2.20. The Labute approximate surface area is 97.3 Å². The predicted octanol–water partition coefficient (Wildman–Crippen LogP) is 2.97. The van der Waals surface area contributed by atoms with E-state index in [-0.39, 0.29) is 0 Å². The number of pyridine rings is 1. The van der Waals surface area contributed by atoms with E-state index in [9.17, 15) is 0 Å². The van der Waals surface area contributed by atoms with Crippen LogP contribution in [0.15, 0.2) is 47.1 Å². The molecule has 0 saturated heterocycles. The Bertz CT molecular complexity index is 451. The highest BCUT2D eigenvalue weighted by molar-refractivity contribution is 9.10. The van der Waals surface area contributed by atoms with Gasteiger partial charge in [0.05, 0.1) is 5.69 Å². The van der Waals surface area contributed by atoms with Gasteiger partial charge in [-0.1, -0.05) is 34.1 Å². The molecule has 1 aromatic heterocycles. The van der Waals surface area contributed by atoms with Crippen molar-refractivity contribution in [1.29, 1.82) is 0 Å². The van der Waals surface area contributed by atoms with E-state index in [2.05, 4.69) is 20.9 Å². The summed E-state index contributed by atoms with van der Waals surface area (Å²) in [6.07, 6.45) is 1.82. The molecule has 0 radical (unpaired) electrons. The number of nitrogens with two attached hydrogens (primary N) is 1. The molecule has 0 atom stereocenters. The Morgan fingerprint density at radius 2 is 2.07 bits per heavy atom. The second kappa shape index (κ2) is 4.55. The zero-order valence-electron chi connectivity index (χ0n) is 8.15. The summed E-state index contributed by atoms with van der Waals surface area (Å²) in [5.41, 5.74) is 8.64. The highest BCUT2D eigenvalue weighted by Gasteiger charge is 1.99. The van der Waals surface area contributed by atoms with Crippen LogP contribution in [-0.2, 0) is 6.54 Å². The smallest absolute Gasteiger partial charge is 0.0702 e. The third kappa shape index (κ3) is 2.43. The average Bonchev–Trinajstić information content (AvgIpc) is 2.29. The van der Waals surface area contributed by atoms with Crippen molar-refractivity contribution in [3.8, 4) is 11.3 Å². The summed E-state index contributed by atoms with van der Waals surface area (Å²) in [7, 11) is 0. The molecule has 0 aliphatic heterocycles. The van der Waals surface area contributed by atoms with Gasteiger partial charge < -0.3 is 5.73 Å². The maximum atomic E-state index is 5.52. The first-order valence-corrected chi connectivity index (χ1v) is 5.50. The number of halogens is 1. The number of hydrogen-bond donors (Lipinski definition) is 1. The lowest BCUT2D eigenvalue weighted by molar-refractivity contribution is 1.05. The molecule has 1 heterocycles. The van der Waals surface area contributed by atoms with E-state index in [0.29, 0.717) is 6.54 Å². The fourth-order valence-electron chi connectivity index (χ4n) is 1.36. The van der Waals surface area contributed by atoms with Gasteiger partial charge in [0.2, 0.25) is 0 Å². The molecule has 1 aromatic carbocycles. The van der Waals surface area contributed by atoms with Crippen molar-refractivity contribution in [2.45, 2.75) is 6.54 Å². The molecule has 0 aliphatic rings. The summed E-state index contributed by atoms with van der Waals surface area (Å²) < 4.78 is 1.06. The predicted molar refractivity (Wildman–Crippen MR) is 65.3 cm³/mol. The molecule has 2 nitrogen and oxygen atoms in total. The molecule has 2 aromatic rings. The van der Waals surface area contributed by atoms with Gasteiger partial charge in [-0.3, -0.25) is 4.98 Å². The Kier molecular flexibility index (Phi) is 3.14. The minimum Gasteiger partial charge on any atom is -0.326 e. The van der Waals surface area contributed by atoms with E-state index in [1.54, 1.807) is 0 Å². The molecule has 0 bridgehead atoms. The first kappa shape index (κ1) is 10.3. The maximum absolute atomic E-state index is 5.52. The van der Waals surface area contributed by atoms with Gasteiger partial charge in [-0.2, -0.15) is 0 Å². The van der Waals surface area contributed by atoms with Gasteiger partial charge in [-0.25, -0.2) is 0 Å². The van der Waals surface area contributed by atoms with Crippen LogP contribution in [-0.4, -0.2) is 4.98 Å². The number of aromatic nitrogens is 1. The van der Waals surface area contributed by atoms with Gasteiger partial charge in [0, 0.05) is 22.8 Å². The minimum absolute atomic E-state index is 0.533. The number of nitrogens with zero attached hydrogens (tertiary/aromatic N) is 1. The zero-order valence-corrected chi connectivity index (χ0v) is 9.74. The Morgan fingerprint density at radius 3 is 2.67 bits per heavy atom. The molecule has 3 heteroatoms. The Balaban J connectivity index is 2.37. The van der Waals surface area contributed by atoms with Gasteiger partial charge in [-0.05, 0) is 23.8 Å². The molecular formula is C12H11BrN2. The molecule has 0 aliphatic carbocycles. The van der Waals surface area contributed by atoms with E-state index >= 15 is 0 Å². The van der Waals surface area contributed by atoms with Crippen LogP contribution < -0.4 is 5.73 Å². The fourth-order valence-corrected chi connectivity index (χ4v) is 1.76.